The van der Waals surface area contributed by atoms with Crippen LogP contribution in [0.5, 0.6) is 0 Å². The van der Waals surface area contributed by atoms with Crippen LogP contribution in [-0.2, 0) is 12.8 Å². The highest BCUT2D eigenvalue weighted by atomic mass is 32.1. The van der Waals surface area contributed by atoms with Crippen molar-refractivity contribution in [2.45, 2.75) is 0 Å². The van der Waals surface area contributed by atoms with Gasteiger partial charge in [0.2, 0.25) is 0 Å². The Bertz CT molecular complexity index is 51.7. The fourth-order valence-electron chi connectivity index (χ4n) is 0.644. The van der Waals surface area contributed by atoms with Crippen LogP contribution in [0.2, 0.25) is 0 Å². The molecule has 1 aliphatic rings. The van der Waals surface area contributed by atoms with Crippen molar-refractivity contribution in [1.82, 2.24) is 9.62 Å². The van der Waals surface area contributed by atoms with Gasteiger partial charge in [-0.2, -0.15) is 0 Å². The lowest BCUT2D eigenvalue weighted by atomic mass is 10.4. The molecule has 3 heteroatoms. The monoisotopic (exact) mass is 117 g/mol. The summed E-state index contributed by atoms with van der Waals surface area (Å²) in [6.07, 6.45) is 0. The largest absolute Gasteiger partial charge is 0.702 e. The smallest absolute Gasteiger partial charge is 0.00623 e. The standard InChI is InChI=1S/C4H9N2S/c7-6-3-1-5-2-4-6/h5H,1-4H2/q-1. The van der Waals surface area contributed by atoms with Crippen molar-refractivity contribution in [2.24, 2.45) is 0 Å². The molecule has 1 fully saturated rings. The Balaban J connectivity index is 2.12. The summed E-state index contributed by atoms with van der Waals surface area (Å²) in [6, 6.07) is 0. The molecule has 0 bridgehead atoms. The van der Waals surface area contributed by atoms with Gasteiger partial charge in [0.1, 0.15) is 0 Å². The minimum atomic E-state index is 1.02. The third-order valence-corrected chi connectivity index (χ3v) is 1.44. The molecule has 1 saturated heterocycles. The summed E-state index contributed by atoms with van der Waals surface area (Å²) in [5, 5.41) is 3.21. The van der Waals surface area contributed by atoms with E-state index in [1.54, 1.807) is 0 Å². The summed E-state index contributed by atoms with van der Waals surface area (Å²) in [4.78, 5) is 0. The third-order valence-electron chi connectivity index (χ3n) is 1.08. The maximum Gasteiger partial charge on any atom is 0.00623 e. The van der Waals surface area contributed by atoms with Crippen molar-refractivity contribution in [1.29, 1.82) is 0 Å². The Labute approximate surface area is 49.4 Å². The molecule has 0 radical (unpaired) electrons. The van der Waals surface area contributed by atoms with E-state index in [2.05, 4.69) is 5.32 Å². The summed E-state index contributed by atoms with van der Waals surface area (Å²) < 4.78 is 1.91. The second-order valence-corrected chi connectivity index (χ2v) is 2.20. The molecule has 1 rings (SSSR count). The summed E-state index contributed by atoms with van der Waals surface area (Å²) in [7, 11) is 0. The van der Waals surface area contributed by atoms with Crippen LogP contribution in [0.4, 0.5) is 0 Å². The number of nitrogens with one attached hydrogen (secondary N) is 1. The first-order valence-corrected chi connectivity index (χ1v) is 2.89. The minimum Gasteiger partial charge on any atom is -0.702 e. The van der Waals surface area contributed by atoms with Gasteiger partial charge in [-0.05, 0) is 13.1 Å². The van der Waals surface area contributed by atoms with E-state index < -0.39 is 0 Å². The molecule has 0 aliphatic carbocycles. The summed E-state index contributed by atoms with van der Waals surface area (Å²) in [5.74, 6) is 0. The van der Waals surface area contributed by atoms with Gasteiger partial charge in [0.15, 0.2) is 0 Å². The first-order valence-electron chi connectivity index (χ1n) is 2.52. The van der Waals surface area contributed by atoms with Crippen LogP contribution in [0.3, 0.4) is 0 Å². The SMILES string of the molecule is [S-]N1CCNCC1. The third kappa shape index (κ3) is 1.67. The van der Waals surface area contributed by atoms with Gasteiger partial charge in [-0.15, -0.1) is 0 Å². The van der Waals surface area contributed by atoms with Crippen LogP contribution in [0.25, 0.3) is 0 Å². The Morgan fingerprint density at radius 3 is 2.14 bits per heavy atom. The van der Waals surface area contributed by atoms with E-state index in [0.717, 1.165) is 26.2 Å². The van der Waals surface area contributed by atoms with Crippen LogP contribution in [0.15, 0.2) is 0 Å². The lowest BCUT2D eigenvalue weighted by molar-refractivity contribution is 0.399. The highest BCUT2D eigenvalue weighted by Crippen LogP contribution is 1.84. The molecule has 2 nitrogen and oxygen atoms in total. The van der Waals surface area contributed by atoms with E-state index in [4.69, 9.17) is 12.8 Å². The van der Waals surface area contributed by atoms with E-state index in [1.807, 2.05) is 4.31 Å². The molecule has 0 aromatic heterocycles. The van der Waals surface area contributed by atoms with Gasteiger partial charge in [-0.3, -0.25) is 0 Å². The zero-order valence-electron chi connectivity index (χ0n) is 4.18. The maximum absolute atomic E-state index is 4.88. The summed E-state index contributed by atoms with van der Waals surface area (Å²) >= 11 is 4.88. The molecule has 0 spiro atoms. The Kier molecular flexibility index (Phi) is 1.97. The van der Waals surface area contributed by atoms with Crippen LogP contribution in [0, 0.1) is 0 Å². The van der Waals surface area contributed by atoms with E-state index in [1.165, 1.54) is 0 Å². The van der Waals surface area contributed by atoms with Gasteiger partial charge in [0, 0.05) is 13.1 Å². The summed E-state index contributed by atoms with van der Waals surface area (Å²) in [6.45, 7) is 4.16. The Hall–Kier alpha value is 0.270. The van der Waals surface area contributed by atoms with Crippen molar-refractivity contribution in [3.8, 4) is 0 Å². The van der Waals surface area contributed by atoms with Crippen molar-refractivity contribution in [3.63, 3.8) is 0 Å². The van der Waals surface area contributed by atoms with E-state index in [9.17, 15) is 0 Å². The lowest BCUT2D eigenvalue weighted by Gasteiger charge is -2.33. The average Bonchev–Trinajstić information content (AvgIpc) is 1.69. The average molecular weight is 117 g/mol. The molecule has 0 atom stereocenters. The Morgan fingerprint density at radius 2 is 1.86 bits per heavy atom. The molecular formula is C4H9N2S-. The first kappa shape index (κ1) is 5.41. The van der Waals surface area contributed by atoms with Gasteiger partial charge in [0.05, 0.1) is 0 Å². The first-order chi connectivity index (χ1) is 3.39. The molecule has 0 aromatic carbocycles. The number of hydrogen-bond donors (Lipinski definition) is 1. The zero-order chi connectivity index (χ0) is 5.11. The van der Waals surface area contributed by atoms with Gasteiger partial charge in [0.25, 0.3) is 0 Å². The van der Waals surface area contributed by atoms with Crippen molar-refractivity contribution >= 4 is 12.8 Å². The molecule has 0 amide bonds. The zero-order valence-corrected chi connectivity index (χ0v) is 5.00. The van der Waals surface area contributed by atoms with Crippen LogP contribution >= 0.6 is 0 Å². The fourth-order valence-corrected chi connectivity index (χ4v) is 0.827. The summed E-state index contributed by atoms with van der Waals surface area (Å²) in [5.41, 5.74) is 0. The predicted octanol–water partition coefficient (Wildman–Crippen LogP) is -0.647. The molecule has 1 aliphatic heterocycles. The van der Waals surface area contributed by atoms with Crippen LogP contribution in [0.1, 0.15) is 0 Å². The van der Waals surface area contributed by atoms with E-state index >= 15 is 0 Å². The molecule has 0 saturated carbocycles. The number of piperazine rings is 1. The molecular weight excluding hydrogens is 108 g/mol. The van der Waals surface area contributed by atoms with Crippen molar-refractivity contribution in [2.75, 3.05) is 26.2 Å². The molecule has 0 aromatic rings. The second kappa shape index (κ2) is 2.55. The highest BCUT2D eigenvalue weighted by Gasteiger charge is 1.94. The normalized spacial score (nSPS) is 25.3. The molecule has 7 heavy (non-hydrogen) atoms. The molecule has 1 N–H and O–H groups in total. The Morgan fingerprint density at radius 1 is 1.29 bits per heavy atom. The van der Waals surface area contributed by atoms with Gasteiger partial charge >= 0.3 is 0 Å². The second-order valence-electron chi connectivity index (χ2n) is 1.68. The van der Waals surface area contributed by atoms with E-state index in [-0.39, 0.29) is 0 Å². The van der Waals surface area contributed by atoms with Gasteiger partial charge in [-0.25, -0.2) is 0 Å². The number of nitrogens with zero attached hydrogens (tertiary/aromatic N) is 1. The van der Waals surface area contributed by atoms with Gasteiger partial charge < -0.3 is 22.4 Å². The molecule has 1 heterocycles. The van der Waals surface area contributed by atoms with Gasteiger partial charge in [-0.1, -0.05) is 0 Å². The predicted molar refractivity (Wildman–Crippen MR) is 31.8 cm³/mol. The maximum atomic E-state index is 4.88. The van der Waals surface area contributed by atoms with Crippen molar-refractivity contribution < 1.29 is 0 Å². The van der Waals surface area contributed by atoms with Crippen LogP contribution in [-0.4, -0.2) is 30.5 Å². The topological polar surface area (TPSA) is 15.3 Å². The van der Waals surface area contributed by atoms with Crippen LogP contribution < -0.4 is 5.32 Å². The van der Waals surface area contributed by atoms with Crippen molar-refractivity contribution in [3.05, 3.63) is 0 Å². The quantitative estimate of drug-likeness (QED) is 0.425. The lowest BCUT2D eigenvalue weighted by Crippen LogP contribution is -2.40. The minimum absolute atomic E-state index is 1.02. The number of rotatable bonds is 0. The highest BCUT2D eigenvalue weighted by molar-refractivity contribution is 7.55. The van der Waals surface area contributed by atoms with E-state index in [0.29, 0.717) is 0 Å². The number of hydrogen-bond acceptors (Lipinski definition) is 3. The molecule has 0 unspecified atom stereocenters. The fraction of sp³-hybridized carbons (Fsp3) is 1.00. The molecule has 42 valence electrons.